The molecule has 3 heteroatoms. The summed E-state index contributed by atoms with van der Waals surface area (Å²) in [5.41, 5.74) is 3.25. The average molecular weight is 299 g/mol. The standard InChI is InChI=1S/C18H18FNS/c1-2-3-4-5-14-6-8-15(9-7-14)17-11-10-16(20-13-21)12-18(17)19/h6-12H,2-5H2,1H3. The summed E-state index contributed by atoms with van der Waals surface area (Å²) in [6.45, 7) is 2.20. The van der Waals surface area contributed by atoms with Crippen molar-refractivity contribution in [1.29, 1.82) is 0 Å². The van der Waals surface area contributed by atoms with Gasteiger partial charge in [0.1, 0.15) is 5.82 Å². The van der Waals surface area contributed by atoms with Crippen LogP contribution in [-0.4, -0.2) is 5.16 Å². The average Bonchev–Trinajstić information content (AvgIpc) is 2.49. The van der Waals surface area contributed by atoms with E-state index in [1.54, 1.807) is 12.1 Å². The van der Waals surface area contributed by atoms with Gasteiger partial charge in [-0.05, 0) is 48.3 Å². The molecule has 0 saturated carbocycles. The molecule has 0 radical (unpaired) electrons. The lowest BCUT2D eigenvalue weighted by molar-refractivity contribution is 0.631. The minimum absolute atomic E-state index is 0.291. The lowest BCUT2D eigenvalue weighted by atomic mass is 10.0. The van der Waals surface area contributed by atoms with Crippen LogP contribution in [0.15, 0.2) is 47.5 Å². The van der Waals surface area contributed by atoms with E-state index in [0.29, 0.717) is 11.3 Å². The van der Waals surface area contributed by atoms with Crippen LogP contribution >= 0.6 is 12.2 Å². The van der Waals surface area contributed by atoms with Crippen LogP contribution in [0.5, 0.6) is 0 Å². The topological polar surface area (TPSA) is 12.4 Å². The van der Waals surface area contributed by atoms with Crippen LogP contribution in [0.3, 0.4) is 0 Å². The Hall–Kier alpha value is -1.83. The second-order valence-corrected chi connectivity index (χ2v) is 5.20. The first-order valence-corrected chi connectivity index (χ1v) is 7.62. The number of hydrogen-bond acceptors (Lipinski definition) is 2. The fourth-order valence-corrected chi connectivity index (χ4v) is 2.40. The second kappa shape index (κ2) is 7.82. The highest BCUT2D eigenvalue weighted by molar-refractivity contribution is 7.78. The molecule has 2 rings (SSSR count). The third kappa shape index (κ3) is 4.32. The van der Waals surface area contributed by atoms with Crippen molar-refractivity contribution in [3.63, 3.8) is 0 Å². The Morgan fingerprint density at radius 1 is 1.10 bits per heavy atom. The zero-order valence-electron chi connectivity index (χ0n) is 12.1. The Labute approximate surface area is 130 Å². The number of rotatable bonds is 6. The highest BCUT2D eigenvalue weighted by Crippen LogP contribution is 2.26. The van der Waals surface area contributed by atoms with Crippen LogP contribution in [0, 0.1) is 5.82 Å². The zero-order valence-corrected chi connectivity index (χ0v) is 12.9. The highest BCUT2D eigenvalue weighted by Gasteiger charge is 2.06. The van der Waals surface area contributed by atoms with Crippen LogP contribution in [0.4, 0.5) is 10.1 Å². The summed E-state index contributed by atoms with van der Waals surface area (Å²) < 4.78 is 14.1. The van der Waals surface area contributed by atoms with E-state index in [9.17, 15) is 4.39 Å². The van der Waals surface area contributed by atoms with E-state index < -0.39 is 0 Å². The van der Waals surface area contributed by atoms with Crippen LogP contribution in [-0.2, 0) is 6.42 Å². The quantitative estimate of drug-likeness (QED) is 0.364. The summed E-state index contributed by atoms with van der Waals surface area (Å²) in [6.07, 6.45) is 4.76. The van der Waals surface area contributed by atoms with Crippen molar-refractivity contribution in [3.8, 4) is 11.1 Å². The van der Waals surface area contributed by atoms with Crippen LogP contribution in [0.25, 0.3) is 11.1 Å². The summed E-state index contributed by atoms with van der Waals surface area (Å²) in [5.74, 6) is -0.291. The third-order valence-electron chi connectivity index (χ3n) is 3.46. The van der Waals surface area contributed by atoms with Crippen LogP contribution in [0.2, 0.25) is 0 Å². The van der Waals surface area contributed by atoms with E-state index in [1.807, 2.05) is 12.1 Å². The van der Waals surface area contributed by atoms with Gasteiger partial charge in [0.2, 0.25) is 0 Å². The van der Waals surface area contributed by atoms with Gasteiger partial charge in [0.15, 0.2) is 0 Å². The Morgan fingerprint density at radius 2 is 1.86 bits per heavy atom. The van der Waals surface area contributed by atoms with E-state index in [-0.39, 0.29) is 5.82 Å². The molecule has 0 spiro atoms. The Bertz CT molecular complexity index is 643. The number of aliphatic imine (C=N–C) groups is 1. The number of thiocarbonyl (C=S) groups is 1. The SMILES string of the molecule is CCCCCc1ccc(-c2ccc(N=C=S)cc2F)cc1. The molecule has 0 bridgehead atoms. The van der Waals surface area contributed by atoms with E-state index >= 15 is 0 Å². The maximum Gasteiger partial charge on any atom is 0.133 e. The first-order valence-electron chi connectivity index (χ1n) is 7.21. The maximum atomic E-state index is 14.1. The first kappa shape index (κ1) is 15.6. The number of aryl methyl sites for hydroxylation is 1. The normalized spacial score (nSPS) is 10.2. The third-order valence-corrected chi connectivity index (χ3v) is 3.55. The van der Waals surface area contributed by atoms with Crippen LogP contribution in [0.1, 0.15) is 31.7 Å². The molecule has 0 saturated heterocycles. The lowest BCUT2D eigenvalue weighted by Gasteiger charge is -2.06. The van der Waals surface area contributed by atoms with E-state index in [1.165, 1.54) is 30.9 Å². The maximum absolute atomic E-state index is 14.1. The van der Waals surface area contributed by atoms with Crippen molar-refractivity contribution in [2.75, 3.05) is 0 Å². The minimum Gasteiger partial charge on any atom is -0.206 e. The second-order valence-electron chi connectivity index (χ2n) is 5.02. The van der Waals surface area contributed by atoms with Gasteiger partial charge in [-0.3, -0.25) is 0 Å². The summed E-state index contributed by atoms with van der Waals surface area (Å²) in [6, 6.07) is 13.0. The molecule has 0 aliphatic heterocycles. The van der Waals surface area contributed by atoms with Gasteiger partial charge >= 0.3 is 0 Å². The predicted molar refractivity (Wildman–Crippen MR) is 89.8 cm³/mol. The van der Waals surface area contributed by atoms with E-state index in [4.69, 9.17) is 0 Å². The molecule has 0 aliphatic carbocycles. The monoisotopic (exact) mass is 299 g/mol. The number of isothiocyanates is 1. The van der Waals surface area contributed by atoms with E-state index in [2.05, 4.69) is 41.4 Å². The smallest absolute Gasteiger partial charge is 0.133 e. The molecule has 1 nitrogen and oxygen atoms in total. The number of nitrogens with zero attached hydrogens (tertiary/aromatic N) is 1. The zero-order chi connectivity index (χ0) is 15.1. The highest BCUT2D eigenvalue weighted by atomic mass is 32.1. The first-order chi connectivity index (χ1) is 10.2. The van der Waals surface area contributed by atoms with Crippen molar-refractivity contribution in [1.82, 2.24) is 0 Å². The number of unbranched alkanes of at least 4 members (excludes halogenated alkanes) is 2. The number of hydrogen-bond donors (Lipinski definition) is 0. The Balaban J connectivity index is 2.16. The fourth-order valence-electron chi connectivity index (χ4n) is 2.29. The van der Waals surface area contributed by atoms with Gasteiger partial charge in [0.05, 0.1) is 10.8 Å². The Kier molecular flexibility index (Phi) is 5.79. The van der Waals surface area contributed by atoms with Gasteiger partial charge in [-0.25, -0.2) is 4.39 Å². The molecular formula is C18H18FNS. The molecule has 21 heavy (non-hydrogen) atoms. The van der Waals surface area contributed by atoms with Gasteiger partial charge < -0.3 is 0 Å². The van der Waals surface area contributed by atoms with E-state index in [0.717, 1.165) is 12.0 Å². The summed E-state index contributed by atoms with van der Waals surface area (Å²) in [5, 5.41) is 2.24. The fraction of sp³-hybridized carbons (Fsp3) is 0.278. The molecule has 0 N–H and O–H groups in total. The summed E-state index contributed by atoms with van der Waals surface area (Å²) >= 11 is 4.52. The molecule has 0 fully saturated rings. The molecule has 2 aromatic carbocycles. The largest absolute Gasteiger partial charge is 0.206 e. The lowest BCUT2D eigenvalue weighted by Crippen LogP contribution is -1.87. The van der Waals surface area contributed by atoms with Gasteiger partial charge in [0, 0.05) is 11.6 Å². The molecule has 108 valence electrons. The molecule has 0 atom stereocenters. The van der Waals surface area contributed by atoms with Crippen molar-refractivity contribution >= 4 is 23.1 Å². The molecule has 0 heterocycles. The van der Waals surface area contributed by atoms with Crippen LogP contribution < -0.4 is 0 Å². The molecule has 0 unspecified atom stereocenters. The predicted octanol–water partition coefficient (Wildman–Crippen LogP) is 5.96. The molecular weight excluding hydrogens is 281 g/mol. The van der Waals surface area contributed by atoms with Crippen molar-refractivity contribution in [2.45, 2.75) is 32.6 Å². The summed E-state index contributed by atoms with van der Waals surface area (Å²) in [4.78, 5) is 3.78. The van der Waals surface area contributed by atoms with Crippen molar-refractivity contribution in [2.24, 2.45) is 4.99 Å². The Morgan fingerprint density at radius 3 is 2.48 bits per heavy atom. The number of halogens is 1. The van der Waals surface area contributed by atoms with Gasteiger partial charge in [0.25, 0.3) is 0 Å². The number of benzene rings is 2. The molecule has 0 amide bonds. The van der Waals surface area contributed by atoms with Crippen molar-refractivity contribution in [3.05, 3.63) is 53.8 Å². The molecule has 2 aromatic rings. The minimum atomic E-state index is -0.291. The molecule has 0 aliphatic rings. The van der Waals surface area contributed by atoms with Gasteiger partial charge in [-0.15, -0.1) is 0 Å². The van der Waals surface area contributed by atoms with Gasteiger partial charge in [-0.1, -0.05) is 44.0 Å². The molecule has 0 aromatic heterocycles. The van der Waals surface area contributed by atoms with Gasteiger partial charge in [-0.2, -0.15) is 4.99 Å². The van der Waals surface area contributed by atoms with Crippen molar-refractivity contribution < 1.29 is 4.39 Å². The summed E-state index contributed by atoms with van der Waals surface area (Å²) in [7, 11) is 0.